The van der Waals surface area contributed by atoms with E-state index in [1.165, 1.54) is 5.71 Å². The molecule has 0 N–H and O–H groups in total. The first-order valence-corrected chi connectivity index (χ1v) is 3.19. The molecule has 0 bridgehead atoms. The van der Waals surface area contributed by atoms with Crippen LogP contribution in [0.1, 0.15) is 20.8 Å². The summed E-state index contributed by atoms with van der Waals surface area (Å²) in [5.74, 6) is 0.620. The maximum Gasteiger partial charge on any atom is 0.112 e. The van der Waals surface area contributed by atoms with Gasteiger partial charge < -0.3 is 0 Å². The third-order valence-corrected chi connectivity index (χ3v) is 1.24. The molecule has 1 unspecified atom stereocenters. The molecule has 0 spiro atoms. The van der Waals surface area contributed by atoms with Gasteiger partial charge in [-0.15, -0.1) is 0 Å². The zero-order chi connectivity index (χ0) is 6.57. The van der Waals surface area contributed by atoms with Crippen LogP contribution in [0.2, 0.25) is 5.82 Å². The standard InChI is InChI=1S/C6H14BN/c1-4-8-6(3)5(2)7/h5H,4,7H2,1-3H3/b8-6-. The average molecular weight is 111 g/mol. The SMILES string of the molecule is BC(C)/C(C)=N\CC. The molecular weight excluding hydrogens is 96.9 g/mol. The van der Waals surface area contributed by atoms with Gasteiger partial charge in [0, 0.05) is 12.3 Å². The molecule has 0 rings (SSSR count). The van der Waals surface area contributed by atoms with Gasteiger partial charge in [-0.1, -0.05) is 6.92 Å². The van der Waals surface area contributed by atoms with E-state index in [9.17, 15) is 0 Å². The molecule has 0 aliphatic carbocycles. The minimum absolute atomic E-state index is 0.620. The lowest BCUT2D eigenvalue weighted by Gasteiger charge is -2.00. The predicted molar refractivity (Wildman–Crippen MR) is 41.6 cm³/mol. The van der Waals surface area contributed by atoms with Crippen LogP contribution in [0.5, 0.6) is 0 Å². The smallest absolute Gasteiger partial charge is 0.112 e. The number of hydrogen-bond donors (Lipinski definition) is 0. The summed E-state index contributed by atoms with van der Waals surface area (Å²) in [5, 5.41) is 0. The van der Waals surface area contributed by atoms with E-state index in [2.05, 4.69) is 33.6 Å². The van der Waals surface area contributed by atoms with Crippen LogP contribution in [0.15, 0.2) is 4.99 Å². The molecule has 1 nitrogen and oxygen atoms in total. The molecule has 0 aromatic rings. The molecule has 46 valence electrons. The van der Waals surface area contributed by atoms with Gasteiger partial charge in [-0.05, 0) is 19.7 Å². The first-order chi connectivity index (χ1) is 3.68. The summed E-state index contributed by atoms with van der Waals surface area (Å²) >= 11 is 0. The lowest BCUT2D eigenvalue weighted by atomic mass is 9.86. The van der Waals surface area contributed by atoms with Gasteiger partial charge in [-0.3, -0.25) is 4.99 Å². The average Bonchev–Trinajstić information content (AvgIpc) is 1.67. The van der Waals surface area contributed by atoms with E-state index < -0.39 is 0 Å². The highest BCUT2D eigenvalue weighted by Crippen LogP contribution is 1.97. The predicted octanol–water partition coefficient (Wildman–Crippen LogP) is 0.909. The summed E-state index contributed by atoms with van der Waals surface area (Å²) in [4.78, 5) is 4.24. The van der Waals surface area contributed by atoms with Crippen molar-refractivity contribution in [3.05, 3.63) is 0 Å². The first-order valence-electron chi connectivity index (χ1n) is 3.19. The number of rotatable bonds is 2. The van der Waals surface area contributed by atoms with Crippen LogP contribution in [0.3, 0.4) is 0 Å². The summed E-state index contributed by atoms with van der Waals surface area (Å²) in [7, 11) is 2.16. The Labute approximate surface area is 52.6 Å². The second-order valence-electron chi connectivity index (χ2n) is 2.27. The van der Waals surface area contributed by atoms with E-state index in [1.54, 1.807) is 0 Å². The molecular formula is C6H14BN. The van der Waals surface area contributed by atoms with Crippen LogP contribution in [-0.4, -0.2) is 20.1 Å². The normalized spacial score (nSPS) is 16.1. The van der Waals surface area contributed by atoms with Crippen LogP contribution in [-0.2, 0) is 0 Å². The van der Waals surface area contributed by atoms with Gasteiger partial charge in [0.1, 0.15) is 7.85 Å². The lowest BCUT2D eigenvalue weighted by molar-refractivity contribution is 1.09. The van der Waals surface area contributed by atoms with Gasteiger partial charge in [0.15, 0.2) is 0 Å². The van der Waals surface area contributed by atoms with Crippen LogP contribution >= 0.6 is 0 Å². The van der Waals surface area contributed by atoms with Gasteiger partial charge in [-0.2, -0.15) is 0 Å². The molecule has 0 saturated heterocycles. The van der Waals surface area contributed by atoms with Crippen molar-refractivity contribution in [2.45, 2.75) is 26.6 Å². The molecule has 0 heterocycles. The molecule has 0 saturated carbocycles. The Hall–Kier alpha value is -0.265. The number of hydrogen-bond acceptors (Lipinski definition) is 1. The Morgan fingerprint density at radius 1 is 1.75 bits per heavy atom. The second kappa shape index (κ2) is 3.70. The minimum atomic E-state index is 0.620. The molecule has 0 aromatic heterocycles. The van der Waals surface area contributed by atoms with Gasteiger partial charge in [0.25, 0.3) is 0 Å². The molecule has 0 aromatic carbocycles. The van der Waals surface area contributed by atoms with Crippen molar-refractivity contribution in [2.75, 3.05) is 6.54 Å². The fourth-order valence-corrected chi connectivity index (χ4v) is 0.432. The molecule has 2 heteroatoms. The Balaban J connectivity index is 3.61. The van der Waals surface area contributed by atoms with Crippen molar-refractivity contribution in [3.8, 4) is 0 Å². The van der Waals surface area contributed by atoms with E-state index in [1.807, 2.05) is 0 Å². The summed E-state index contributed by atoms with van der Waals surface area (Å²) in [6, 6.07) is 0. The maximum absolute atomic E-state index is 4.24. The topological polar surface area (TPSA) is 12.4 Å². The van der Waals surface area contributed by atoms with Crippen LogP contribution < -0.4 is 0 Å². The van der Waals surface area contributed by atoms with E-state index in [0.717, 1.165) is 6.54 Å². The monoisotopic (exact) mass is 111 g/mol. The van der Waals surface area contributed by atoms with Crippen LogP contribution in [0.25, 0.3) is 0 Å². The molecule has 8 heavy (non-hydrogen) atoms. The van der Waals surface area contributed by atoms with E-state index in [4.69, 9.17) is 0 Å². The molecule has 0 fully saturated rings. The van der Waals surface area contributed by atoms with Crippen molar-refractivity contribution < 1.29 is 0 Å². The molecule has 0 aliphatic heterocycles. The largest absolute Gasteiger partial charge is 0.295 e. The third-order valence-electron chi connectivity index (χ3n) is 1.24. The molecule has 0 amide bonds. The van der Waals surface area contributed by atoms with Crippen molar-refractivity contribution in [1.82, 2.24) is 0 Å². The van der Waals surface area contributed by atoms with E-state index in [0.29, 0.717) is 5.82 Å². The van der Waals surface area contributed by atoms with Crippen LogP contribution in [0.4, 0.5) is 0 Å². The van der Waals surface area contributed by atoms with Gasteiger partial charge in [-0.25, -0.2) is 0 Å². The fourth-order valence-electron chi connectivity index (χ4n) is 0.432. The van der Waals surface area contributed by atoms with Crippen molar-refractivity contribution in [1.29, 1.82) is 0 Å². The Bertz CT molecular complexity index is 86.5. The Kier molecular flexibility index (Phi) is 3.58. The molecule has 0 aliphatic rings. The first kappa shape index (κ1) is 7.73. The lowest BCUT2D eigenvalue weighted by Crippen LogP contribution is -1.99. The number of nitrogens with zero attached hydrogens (tertiary/aromatic N) is 1. The molecule has 0 radical (unpaired) electrons. The van der Waals surface area contributed by atoms with E-state index >= 15 is 0 Å². The van der Waals surface area contributed by atoms with Crippen molar-refractivity contribution >= 4 is 13.6 Å². The summed E-state index contributed by atoms with van der Waals surface area (Å²) < 4.78 is 0. The highest BCUT2D eigenvalue weighted by atomic mass is 14.7. The highest BCUT2D eigenvalue weighted by Gasteiger charge is 1.94. The van der Waals surface area contributed by atoms with Crippen molar-refractivity contribution in [2.24, 2.45) is 4.99 Å². The number of aliphatic imine (C=N–C) groups is 1. The quantitative estimate of drug-likeness (QED) is 0.371. The Morgan fingerprint density at radius 2 is 2.25 bits per heavy atom. The highest BCUT2D eigenvalue weighted by molar-refractivity contribution is 6.24. The Morgan fingerprint density at radius 3 is 2.38 bits per heavy atom. The van der Waals surface area contributed by atoms with Crippen molar-refractivity contribution in [3.63, 3.8) is 0 Å². The van der Waals surface area contributed by atoms with Gasteiger partial charge >= 0.3 is 0 Å². The van der Waals surface area contributed by atoms with Crippen LogP contribution in [0, 0.1) is 0 Å². The van der Waals surface area contributed by atoms with E-state index in [-0.39, 0.29) is 0 Å². The minimum Gasteiger partial charge on any atom is -0.295 e. The zero-order valence-electron chi connectivity index (χ0n) is 6.23. The zero-order valence-corrected chi connectivity index (χ0v) is 6.23. The third kappa shape index (κ3) is 2.83. The summed E-state index contributed by atoms with van der Waals surface area (Å²) in [5.41, 5.74) is 1.26. The molecule has 1 atom stereocenters. The second-order valence-corrected chi connectivity index (χ2v) is 2.27. The van der Waals surface area contributed by atoms with Gasteiger partial charge in [0.2, 0.25) is 0 Å². The maximum atomic E-state index is 4.24. The van der Waals surface area contributed by atoms with Gasteiger partial charge in [0.05, 0.1) is 0 Å². The summed E-state index contributed by atoms with van der Waals surface area (Å²) in [6.07, 6.45) is 0. The summed E-state index contributed by atoms with van der Waals surface area (Å²) in [6.45, 7) is 7.22. The fraction of sp³-hybridized carbons (Fsp3) is 0.833.